The Kier molecular flexibility index (Phi) is 4.63. The van der Waals surface area contributed by atoms with Crippen LogP contribution in [0, 0.1) is 0 Å². The van der Waals surface area contributed by atoms with E-state index in [-0.39, 0.29) is 0 Å². The van der Waals surface area contributed by atoms with Crippen molar-refractivity contribution in [3.8, 4) is 0 Å². The molecule has 0 aliphatic carbocycles. The normalized spacial score (nSPS) is 12.2. The van der Waals surface area contributed by atoms with Crippen LogP contribution < -0.4 is 0 Å². The Morgan fingerprint density at radius 3 is 2.57 bits per heavy atom. The minimum Gasteiger partial charge on any atom is -0.148 e. The van der Waals surface area contributed by atoms with E-state index in [0.29, 0.717) is 5.92 Å². The third-order valence-corrected chi connectivity index (χ3v) is 3.30. The van der Waals surface area contributed by atoms with Crippen molar-refractivity contribution in [2.45, 2.75) is 31.6 Å². The number of benzene rings is 1. The fourth-order valence-electron chi connectivity index (χ4n) is 1.21. The van der Waals surface area contributed by atoms with E-state index in [1.807, 2.05) is 6.92 Å². The van der Waals surface area contributed by atoms with Crippen LogP contribution >= 0.6 is 24.4 Å². The molecular weight excluding hydrogens is 208 g/mol. The van der Waals surface area contributed by atoms with Crippen molar-refractivity contribution in [1.82, 2.24) is 0 Å². The van der Waals surface area contributed by atoms with E-state index in [0.717, 1.165) is 4.91 Å². The second-order valence-electron chi connectivity index (χ2n) is 3.57. The van der Waals surface area contributed by atoms with Crippen LogP contribution in [0.15, 0.2) is 39.5 Å². The first kappa shape index (κ1) is 11.7. The summed E-state index contributed by atoms with van der Waals surface area (Å²) >= 11 is 6.00. The summed E-state index contributed by atoms with van der Waals surface area (Å²) in [6, 6.07) is 8.52. The van der Waals surface area contributed by atoms with Gasteiger partial charge in [0.25, 0.3) is 0 Å². The number of hydrogen-bond acceptors (Lipinski definition) is 2. The maximum atomic E-state index is 4.25. The standard InChI is InChI=1S/C12H16S2/c1-9(2)11-6-4-5-7-12(11)14-8-10(3)13/h4-9,13H,1-3H3/b10-8+. The molecule has 2 heteroatoms. The first-order chi connectivity index (χ1) is 6.61. The van der Waals surface area contributed by atoms with Crippen molar-refractivity contribution in [1.29, 1.82) is 0 Å². The Morgan fingerprint density at radius 1 is 1.36 bits per heavy atom. The molecule has 0 aliphatic rings. The summed E-state index contributed by atoms with van der Waals surface area (Å²) in [6.07, 6.45) is 0. The van der Waals surface area contributed by atoms with Gasteiger partial charge in [-0.05, 0) is 34.8 Å². The van der Waals surface area contributed by atoms with E-state index >= 15 is 0 Å². The quantitative estimate of drug-likeness (QED) is 0.574. The van der Waals surface area contributed by atoms with Crippen LogP contribution in [-0.4, -0.2) is 0 Å². The number of thiol groups is 1. The monoisotopic (exact) mass is 224 g/mol. The van der Waals surface area contributed by atoms with Gasteiger partial charge in [-0.25, -0.2) is 0 Å². The number of thioether (sulfide) groups is 1. The highest BCUT2D eigenvalue weighted by atomic mass is 32.2. The molecule has 0 aromatic heterocycles. The maximum Gasteiger partial charge on any atom is 0.0151 e. The average Bonchev–Trinajstić information content (AvgIpc) is 2.15. The lowest BCUT2D eigenvalue weighted by molar-refractivity contribution is 0.843. The minimum absolute atomic E-state index is 0.576. The van der Waals surface area contributed by atoms with Gasteiger partial charge in [-0.15, -0.1) is 12.6 Å². The van der Waals surface area contributed by atoms with Gasteiger partial charge in [0.2, 0.25) is 0 Å². The SMILES string of the molecule is C/C(S)=C\Sc1ccccc1C(C)C. The number of hydrogen-bond donors (Lipinski definition) is 1. The second kappa shape index (κ2) is 5.52. The molecule has 76 valence electrons. The van der Waals surface area contributed by atoms with Gasteiger partial charge < -0.3 is 0 Å². The molecule has 0 fully saturated rings. The summed E-state index contributed by atoms with van der Waals surface area (Å²) in [6.45, 7) is 6.43. The van der Waals surface area contributed by atoms with Crippen LogP contribution in [0.1, 0.15) is 32.3 Å². The molecule has 0 bridgehead atoms. The second-order valence-corrected chi connectivity index (χ2v) is 5.19. The average molecular weight is 224 g/mol. The number of rotatable bonds is 3. The van der Waals surface area contributed by atoms with E-state index in [9.17, 15) is 0 Å². The fraction of sp³-hybridized carbons (Fsp3) is 0.333. The largest absolute Gasteiger partial charge is 0.148 e. The zero-order valence-electron chi connectivity index (χ0n) is 8.82. The van der Waals surface area contributed by atoms with Crippen molar-refractivity contribution in [2.24, 2.45) is 0 Å². The smallest absolute Gasteiger partial charge is 0.0151 e. The summed E-state index contributed by atoms with van der Waals surface area (Å²) in [7, 11) is 0. The zero-order valence-corrected chi connectivity index (χ0v) is 10.5. The van der Waals surface area contributed by atoms with Gasteiger partial charge in [0.15, 0.2) is 0 Å². The Morgan fingerprint density at radius 2 is 2.00 bits per heavy atom. The molecule has 0 saturated heterocycles. The Labute approximate surface area is 96.2 Å². The first-order valence-electron chi connectivity index (χ1n) is 4.72. The molecular formula is C12H16S2. The summed E-state index contributed by atoms with van der Waals surface area (Å²) in [4.78, 5) is 2.38. The van der Waals surface area contributed by atoms with Crippen LogP contribution in [0.2, 0.25) is 0 Å². The Hall–Kier alpha value is -0.340. The van der Waals surface area contributed by atoms with Crippen LogP contribution in [-0.2, 0) is 0 Å². The minimum atomic E-state index is 0.576. The molecule has 1 rings (SSSR count). The predicted octanol–water partition coefficient (Wildman–Crippen LogP) is 4.69. The van der Waals surface area contributed by atoms with E-state index in [4.69, 9.17) is 0 Å². The van der Waals surface area contributed by atoms with Gasteiger partial charge in [0, 0.05) is 4.90 Å². The highest BCUT2D eigenvalue weighted by Crippen LogP contribution is 2.29. The van der Waals surface area contributed by atoms with E-state index < -0.39 is 0 Å². The van der Waals surface area contributed by atoms with Crippen molar-refractivity contribution < 1.29 is 0 Å². The molecule has 0 saturated carbocycles. The highest BCUT2D eigenvalue weighted by molar-refractivity contribution is 8.02. The van der Waals surface area contributed by atoms with Crippen molar-refractivity contribution in [3.63, 3.8) is 0 Å². The summed E-state index contributed by atoms with van der Waals surface area (Å²) in [5.74, 6) is 0.576. The maximum absolute atomic E-state index is 4.25. The van der Waals surface area contributed by atoms with Crippen LogP contribution in [0.3, 0.4) is 0 Å². The Balaban J connectivity index is 2.90. The van der Waals surface area contributed by atoms with E-state index in [2.05, 4.69) is 56.1 Å². The molecule has 14 heavy (non-hydrogen) atoms. The van der Waals surface area contributed by atoms with Gasteiger partial charge in [-0.1, -0.05) is 43.8 Å². The lowest BCUT2D eigenvalue weighted by atomic mass is 10.0. The molecule has 0 heterocycles. The summed E-state index contributed by atoms with van der Waals surface area (Å²) < 4.78 is 0. The third kappa shape index (κ3) is 3.43. The van der Waals surface area contributed by atoms with Gasteiger partial charge in [-0.3, -0.25) is 0 Å². The molecule has 0 radical (unpaired) electrons. The highest BCUT2D eigenvalue weighted by Gasteiger charge is 2.04. The van der Waals surface area contributed by atoms with Gasteiger partial charge >= 0.3 is 0 Å². The van der Waals surface area contributed by atoms with Crippen molar-refractivity contribution in [3.05, 3.63) is 40.1 Å². The lowest BCUT2D eigenvalue weighted by Crippen LogP contribution is -1.89. The van der Waals surface area contributed by atoms with Crippen molar-refractivity contribution >= 4 is 24.4 Å². The lowest BCUT2D eigenvalue weighted by Gasteiger charge is -2.10. The fourth-order valence-corrected chi connectivity index (χ4v) is 2.27. The number of allylic oxidation sites excluding steroid dienone is 1. The van der Waals surface area contributed by atoms with Crippen molar-refractivity contribution in [2.75, 3.05) is 0 Å². The molecule has 0 nitrogen and oxygen atoms in total. The molecule has 0 N–H and O–H groups in total. The van der Waals surface area contributed by atoms with E-state index in [1.54, 1.807) is 11.8 Å². The zero-order chi connectivity index (χ0) is 10.6. The molecule has 1 aromatic rings. The summed E-state index contributed by atoms with van der Waals surface area (Å²) in [5.41, 5.74) is 1.41. The van der Waals surface area contributed by atoms with Gasteiger partial charge in [-0.2, -0.15) is 0 Å². The van der Waals surface area contributed by atoms with Crippen LogP contribution in [0.4, 0.5) is 0 Å². The molecule has 0 spiro atoms. The van der Waals surface area contributed by atoms with Crippen LogP contribution in [0.25, 0.3) is 0 Å². The topological polar surface area (TPSA) is 0 Å². The molecule has 0 aliphatic heterocycles. The van der Waals surface area contributed by atoms with Gasteiger partial charge in [0.1, 0.15) is 0 Å². The van der Waals surface area contributed by atoms with Crippen LogP contribution in [0.5, 0.6) is 0 Å². The summed E-state index contributed by atoms with van der Waals surface area (Å²) in [5, 5.41) is 2.07. The van der Waals surface area contributed by atoms with E-state index in [1.165, 1.54) is 10.5 Å². The van der Waals surface area contributed by atoms with Gasteiger partial charge in [0.05, 0.1) is 0 Å². The first-order valence-corrected chi connectivity index (χ1v) is 6.05. The Bertz CT molecular complexity index is 323. The molecule has 0 amide bonds. The molecule has 1 aromatic carbocycles. The molecule has 0 atom stereocenters. The third-order valence-electron chi connectivity index (χ3n) is 1.90. The molecule has 0 unspecified atom stereocenters. The predicted molar refractivity (Wildman–Crippen MR) is 69.1 cm³/mol.